The lowest BCUT2D eigenvalue weighted by Crippen LogP contribution is -2.31. The highest BCUT2D eigenvalue weighted by Gasteiger charge is 2.47. The molecule has 1 saturated carbocycles. The predicted molar refractivity (Wildman–Crippen MR) is 74.7 cm³/mol. The Morgan fingerprint density at radius 2 is 1.90 bits per heavy atom. The van der Waals surface area contributed by atoms with Crippen LogP contribution in [-0.2, 0) is 20.9 Å². The van der Waals surface area contributed by atoms with Crippen LogP contribution in [0.25, 0.3) is 0 Å². The van der Waals surface area contributed by atoms with Gasteiger partial charge in [-0.3, -0.25) is 9.59 Å². The molecule has 5 nitrogen and oxygen atoms in total. The monoisotopic (exact) mass is 294 g/mol. The summed E-state index contributed by atoms with van der Waals surface area (Å²) >= 11 is 0. The van der Waals surface area contributed by atoms with Crippen molar-refractivity contribution in [1.29, 1.82) is 0 Å². The van der Waals surface area contributed by atoms with Gasteiger partial charge in [0.2, 0.25) is 11.8 Å². The highest BCUT2D eigenvalue weighted by atomic mass is 19.1. The van der Waals surface area contributed by atoms with Crippen LogP contribution in [-0.4, -0.2) is 32.1 Å². The van der Waals surface area contributed by atoms with E-state index in [1.54, 1.807) is 25.3 Å². The number of rotatable bonds is 7. The summed E-state index contributed by atoms with van der Waals surface area (Å²) in [7, 11) is 1.56. The van der Waals surface area contributed by atoms with Gasteiger partial charge in [0.25, 0.3) is 0 Å². The Kier molecular flexibility index (Phi) is 5.27. The molecule has 0 radical (unpaired) electrons. The zero-order valence-electron chi connectivity index (χ0n) is 11.9. The van der Waals surface area contributed by atoms with Gasteiger partial charge in [-0.25, -0.2) is 4.39 Å². The number of benzene rings is 1. The first-order valence-electron chi connectivity index (χ1n) is 6.91. The molecule has 0 heterocycles. The van der Waals surface area contributed by atoms with E-state index >= 15 is 0 Å². The maximum absolute atomic E-state index is 13.4. The Morgan fingerprint density at radius 3 is 2.57 bits per heavy atom. The van der Waals surface area contributed by atoms with Crippen LogP contribution in [0.1, 0.15) is 12.0 Å². The van der Waals surface area contributed by atoms with Crippen molar-refractivity contribution in [2.24, 2.45) is 11.8 Å². The number of carbonyl (C=O) groups excluding carboxylic acids is 2. The van der Waals surface area contributed by atoms with Crippen LogP contribution in [0, 0.1) is 17.7 Å². The summed E-state index contributed by atoms with van der Waals surface area (Å²) in [4.78, 5) is 23.6. The zero-order valence-corrected chi connectivity index (χ0v) is 11.9. The van der Waals surface area contributed by atoms with Gasteiger partial charge < -0.3 is 15.4 Å². The van der Waals surface area contributed by atoms with E-state index in [2.05, 4.69) is 10.6 Å². The van der Waals surface area contributed by atoms with Crippen molar-refractivity contribution in [3.05, 3.63) is 35.6 Å². The maximum atomic E-state index is 13.4. The second-order valence-electron chi connectivity index (χ2n) is 5.04. The normalized spacial score (nSPS) is 19.9. The molecule has 0 spiro atoms. The van der Waals surface area contributed by atoms with E-state index in [0.717, 1.165) is 0 Å². The van der Waals surface area contributed by atoms with E-state index in [1.165, 1.54) is 6.07 Å². The number of ether oxygens (including phenoxy) is 1. The van der Waals surface area contributed by atoms with E-state index < -0.39 is 0 Å². The fraction of sp³-hybridized carbons (Fsp3) is 0.467. The van der Waals surface area contributed by atoms with Gasteiger partial charge in [-0.1, -0.05) is 18.2 Å². The molecule has 2 atom stereocenters. The molecule has 1 fully saturated rings. The molecule has 0 aromatic heterocycles. The van der Waals surface area contributed by atoms with Crippen molar-refractivity contribution in [3.8, 4) is 0 Å². The van der Waals surface area contributed by atoms with Crippen molar-refractivity contribution in [3.63, 3.8) is 0 Å². The average molecular weight is 294 g/mol. The number of amides is 2. The van der Waals surface area contributed by atoms with E-state index in [-0.39, 0.29) is 36.0 Å². The molecular formula is C15H19FN2O3. The smallest absolute Gasteiger partial charge is 0.224 e. The summed E-state index contributed by atoms with van der Waals surface area (Å²) in [5.41, 5.74) is 0.438. The Hall–Kier alpha value is -1.95. The van der Waals surface area contributed by atoms with Gasteiger partial charge in [0.1, 0.15) is 5.82 Å². The molecule has 0 saturated heterocycles. The minimum Gasteiger partial charge on any atom is -0.383 e. The minimum absolute atomic E-state index is 0.127. The molecular weight excluding hydrogens is 275 g/mol. The highest BCUT2D eigenvalue weighted by molar-refractivity contribution is 5.92. The van der Waals surface area contributed by atoms with Crippen LogP contribution in [0.3, 0.4) is 0 Å². The highest BCUT2D eigenvalue weighted by Crippen LogP contribution is 2.38. The van der Waals surface area contributed by atoms with E-state index in [4.69, 9.17) is 4.74 Å². The summed E-state index contributed by atoms with van der Waals surface area (Å²) in [6, 6.07) is 6.29. The Balaban J connectivity index is 1.73. The lowest BCUT2D eigenvalue weighted by atomic mass is 10.2. The third-order valence-electron chi connectivity index (χ3n) is 3.48. The number of halogens is 1. The van der Waals surface area contributed by atoms with Crippen molar-refractivity contribution in [2.75, 3.05) is 20.3 Å². The first kappa shape index (κ1) is 15.4. The fourth-order valence-corrected chi connectivity index (χ4v) is 2.14. The lowest BCUT2D eigenvalue weighted by molar-refractivity contribution is -0.127. The fourth-order valence-electron chi connectivity index (χ4n) is 2.14. The van der Waals surface area contributed by atoms with Crippen molar-refractivity contribution in [1.82, 2.24) is 10.6 Å². The third-order valence-corrected chi connectivity index (χ3v) is 3.48. The van der Waals surface area contributed by atoms with E-state index in [9.17, 15) is 14.0 Å². The van der Waals surface area contributed by atoms with Gasteiger partial charge in [-0.15, -0.1) is 0 Å². The molecule has 2 amide bonds. The largest absolute Gasteiger partial charge is 0.383 e. The second kappa shape index (κ2) is 7.17. The predicted octanol–water partition coefficient (Wildman–Crippen LogP) is 0.841. The Morgan fingerprint density at radius 1 is 1.24 bits per heavy atom. The van der Waals surface area contributed by atoms with Crippen molar-refractivity contribution in [2.45, 2.75) is 13.0 Å². The average Bonchev–Trinajstić information content (AvgIpc) is 3.27. The molecule has 1 aromatic rings. The van der Waals surface area contributed by atoms with E-state index in [1.807, 2.05) is 0 Å². The summed E-state index contributed by atoms with van der Waals surface area (Å²) in [5, 5.41) is 5.38. The Bertz CT molecular complexity index is 521. The molecule has 2 N–H and O–H groups in total. The van der Waals surface area contributed by atoms with Crippen molar-refractivity contribution < 1.29 is 18.7 Å². The van der Waals surface area contributed by atoms with Gasteiger partial charge in [0, 0.05) is 25.8 Å². The summed E-state index contributed by atoms with van der Waals surface area (Å²) in [5.74, 6) is -1.26. The molecule has 21 heavy (non-hydrogen) atoms. The molecule has 114 valence electrons. The molecule has 2 rings (SSSR count). The van der Waals surface area contributed by atoms with Crippen LogP contribution in [0.5, 0.6) is 0 Å². The van der Waals surface area contributed by atoms with Crippen LogP contribution in [0.4, 0.5) is 4.39 Å². The molecule has 0 aliphatic heterocycles. The van der Waals surface area contributed by atoms with Gasteiger partial charge in [0.05, 0.1) is 18.4 Å². The lowest BCUT2D eigenvalue weighted by Gasteiger charge is -2.06. The van der Waals surface area contributed by atoms with Crippen LogP contribution in [0.15, 0.2) is 24.3 Å². The molecule has 1 aliphatic carbocycles. The first-order chi connectivity index (χ1) is 10.1. The molecule has 6 heteroatoms. The third kappa shape index (κ3) is 4.26. The van der Waals surface area contributed by atoms with Gasteiger partial charge >= 0.3 is 0 Å². The quantitative estimate of drug-likeness (QED) is 0.732. The second-order valence-corrected chi connectivity index (χ2v) is 5.04. The van der Waals surface area contributed by atoms with Gasteiger partial charge in [-0.2, -0.15) is 0 Å². The standard InChI is InChI=1S/C15H19FN2O3/c1-21-7-6-17-14(19)11-8-12(11)15(20)18-9-10-4-2-3-5-13(10)16/h2-5,11-12H,6-9H2,1H3,(H,17,19)(H,18,20). The molecule has 1 aromatic carbocycles. The summed E-state index contributed by atoms with van der Waals surface area (Å²) < 4.78 is 18.2. The number of methoxy groups -OCH3 is 1. The number of hydrogen-bond donors (Lipinski definition) is 2. The van der Waals surface area contributed by atoms with Gasteiger partial charge in [-0.05, 0) is 12.5 Å². The minimum atomic E-state index is -0.345. The Labute approximate surface area is 122 Å². The number of carbonyl (C=O) groups is 2. The number of nitrogens with one attached hydrogen (secondary N) is 2. The molecule has 1 aliphatic rings. The van der Waals surface area contributed by atoms with Crippen LogP contribution < -0.4 is 10.6 Å². The van der Waals surface area contributed by atoms with Gasteiger partial charge in [0.15, 0.2) is 0 Å². The van der Waals surface area contributed by atoms with E-state index in [0.29, 0.717) is 25.1 Å². The molecule has 0 bridgehead atoms. The van der Waals surface area contributed by atoms with Crippen molar-refractivity contribution >= 4 is 11.8 Å². The zero-order chi connectivity index (χ0) is 15.2. The molecule has 2 unspecified atom stereocenters. The topological polar surface area (TPSA) is 67.4 Å². The summed E-state index contributed by atoms with van der Waals surface area (Å²) in [6.45, 7) is 1.03. The maximum Gasteiger partial charge on any atom is 0.224 e. The SMILES string of the molecule is COCCNC(=O)C1CC1C(=O)NCc1ccccc1F. The number of hydrogen-bond acceptors (Lipinski definition) is 3. The summed E-state index contributed by atoms with van der Waals surface area (Å²) in [6.07, 6.45) is 0.544. The van der Waals surface area contributed by atoms with Crippen LogP contribution in [0.2, 0.25) is 0 Å². The first-order valence-corrected chi connectivity index (χ1v) is 6.91. The van der Waals surface area contributed by atoms with Crippen LogP contribution >= 0.6 is 0 Å².